The Hall–Kier alpha value is -3.71. The summed E-state index contributed by atoms with van der Waals surface area (Å²) >= 11 is 1.28. The van der Waals surface area contributed by atoms with Crippen LogP contribution in [0.1, 0.15) is 18.4 Å². The third-order valence-corrected chi connectivity index (χ3v) is 8.45. The van der Waals surface area contributed by atoms with Gasteiger partial charge >= 0.3 is 0 Å². The molecular formula is C25H23F3N6O2S2. The van der Waals surface area contributed by atoms with Crippen LogP contribution in [-0.2, 0) is 10.0 Å². The van der Waals surface area contributed by atoms with Gasteiger partial charge in [-0.25, -0.2) is 36.5 Å². The molecule has 0 bridgehead atoms. The Kier molecular flexibility index (Phi) is 6.73. The second kappa shape index (κ2) is 9.87. The number of nitrogens with zero attached hydrogens (tertiary/aromatic N) is 4. The van der Waals surface area contributed by atoms with Crippen molar-refractivity contribution in [2.45, 2.75) is 30.7 Å². The van der Waals surface area contributed by atoms with E-state index < -0.39 is 38.1 Å². The van der Waals surface area contributed by atoms with Crippen LogP contribution in [-0.4, -0.2) is 43.5 Å². The zero-order valence-corrected chi connectivity index (χ0v) is 22.2. The Morgan fingerprint density at radius 3 is 2.50 bits per heavy atom. The van der Waals surface area contributed by atoms with Gasteiger partial charge in [0.05, 0.1) is 22.0 Å². The first-order chi connectivity index (χ1) is 18.0. The molecule has 0 atom stereocenters. The fourth-order valence-electron chi connectivity index (χ4n) is 3.69. The zero-order chi connectivity index (χ0) is 27.2. The number of sulfonamides is 1. The monoisotopic (exact) mass is 560 g/mol. The molecule has 1 saturated carbocycles. The number of halogens is 3. The van der Waals surface area contributed by atoms with Crippen LogP contribution in [0.25, 0.3) is 21.8 Å². The number of anilines is 3. The summed E-state index contributed by atoms with van der Waals surface area (Å²) in [7, 11) is -1.22. The molecule has 8 nitrogen and oxygen atoms in total. The average molecular weight is 561 g/mol. The minimum atomic E-state index is -4.80. The number of benzene rings is 2. The van der Waals surface area contributed by atoms with Gasteiger partial charge in [-0.3, -0.25) is 4.72 Å². The quantitative estimate of drug-likeness (QED) is 0.296. The number of nitrogens with one attached hydrogen (secondary N) is 2. The highest BCUT2D eigenvalue weighted by Gasteiger charge is 2.28. The van der Waals surface area contributed by atoms with E-state index in [-0.39, 0.29) is 16.8 Å². The Morgan fingerprint density at radius 2 is 1.79 bits per heavy atom. The van der Waals surface area contributed by atoms with Gasteiger partial charge in [-0.2, -0.15) is 0 Å². The summed E-state index contributed by atoms with van der Waals surface area (Å²) in [4.78, 5) is 14.5. The van der Waals surface area contributed by atoms with Gasteiger partial charge in [0.1, 0.15) is 11.6 Å². The molecule has 0 saturated heterocycles. The van der Waals surface area contributed by atoms with E-state index in [1.165, 1.54) is 36.5 Å². The molecule has 0 unspecified atom stereocenters. The molecule has 2 aromatic heterocycles. The van der Waals surface area contributed by atoms with Crippen LogP contribution in [0.4, 0.5) is 29.9 Å². The van der Waals surface area contributed by atoms with Crippen LogP contribution >= 0.6 is 11.3 Å². The highest BCUT2D eigenvalue weighted by Crippen LogP contribution is 2.41. The molecule has 0 radical (unpaired) electrons. The number of aromatic nitrogens is 3. The maximum Gasteiger partial charge on any atom is 0.267 e. The van der Waals surface area contributed by atoms with Gasteiger partial charge in [-0.15, -0.1) is 0 Å². The lowest BCUT2D eigenvalue weighted by molar-refractivity contribution is 0.516. The molecule has 0 spiro atoms. The van der Waals surface area contributed by atoms with Crippen LogP contribution in [0.15, 0.2) is 47.5 Å². The first-order valence-corrected chi connectivity index (χ1v) is 13.9. The van der Waals surface area contributed by atoms with Crippen molar-refractivity contribution in [1.82, 2.24) is 15.0 Å². The Labute approximate surface area is 221 Å². The summed E-state index contributed by atoms with van der Waals surface area (Å²) in [5.74, 6) is -3.04. The number of rotatable bonds is 8. The first-order valence-electron chi connectivity index (χ1n) is 11.6. The van der Waals surface area contributed by atoms with Crippen molar-refractivity contribution >= 4 is 38.1 Å². The highest BCUT2D eigenvalue weighted by atomic mass is 32.2. The summed E-state index contributed by atoms with van der Waals surface area (Å²) in [6.45, 7) is 1.31. The van der Waals surface area contributed by atoms with Gasteiger partial charge in [-0.05, 0) is 49.6 Å². The van der Waals surface area contributed by atoms with Crippen molar-refractivity contribution in [3.05, 3.63) is 65.6 Å². The SMILES string of the molecule is Cc1ccc(F)c(S(=O)(=O)Nc2cccc(-c3nc(N(C)C)sc3-c3ccnc(NC4CC4)n3)c2F)c1F. The van der Waals surface area contributed by atoms with Gasteiger partial charge < -0.3 is 10.2 Å². The van der Waals surface area contributed by atoms with Crippen molar-refractivity contribution in [1.29, 1.82) is 0 Å². The molecular weight excluding hydrogens is 537 g/mol. The molecule has 198 valence electrons. The van der Waals surface area contributed by atoms with E-state index in [9.17, 15) is 17.2 Å². The van der Waals surface area contributed by atoms with Gasteiger partial charge in [0.15, 0.2) is 15.8 Å². The summed E-state index contributed by atoms with van der Waals surface area (Å²) in [6.07, 6.45) is 3.67. The van der Waals surface area contributed by atoms with Gasteiger partial charge in [-0.1, -0.05) is 23.5 Å². The zero-order valence-electron chi connectivity index (χ0n) is 20.6. The van der Waals surface area contributed by atoms with Gasteiger partial charge in [0.2, 0.25) is 5.95 Å². The number of hydrogen-bond acceptors (Lipinski definition) is 8. The minimum Gasteiger partial charge on any atom is -0.354 e. The van der Waals surface area contributed by atoms with E-state index in [0.29, 0.717) is 27.7 Å². The molecule has 4 aromatic rings. The van der Waals surface area contributed by atoms with E-state index in [1.54, 1.807) is 31.3 Å². The molecule has 2 N–H and O–H groups in total. The lowest BCUT2D eigenvalue weighted by Crippen LogP contribution is -2.18. The summed E-state index contributed by atoms with van der Waals surface area (Å²) < 4.78 is 72.5. The molecule has 2 heterocycles. The third-order valence-electron chi connectivity index (χ3n) is 5.81. The molecule has 0 aliphatic heterocycles. The maximum atomic E-state index is 15.8. The second-order valence-corrected chi connectivity index (χ2v) is 11.6. The lowest BCUT2D eigenvalue weighted by atomic mass is 10.1. The van der Waals surface area contributed by atoms with E-state index in [2.05, 4.69) is 20.3 Å². The Morgan fingerprint density at radius 1 is 1.03 bits per heavy atom. The highest BCUT2D eigenvalue weighted by molar-refractivity contribution is 7.92. The summed E-state index contributed by atoms with van der Waals surface area (Å²) in [6, 6.07) is 8.02. The molecule has 5 rings (SSSR count). The number of aryl methyl sites for hydroxylation is 1. The number of hydrogen-bond donors (Lipinski definition) is 2. The van der Waals surface area contributed by atoms with Crippen molar-refractivity contribution in [3.63, 3.8) is 0 Å². The van der Waals surface area contributed by atoms with E-state index in [0.717, 1.165) is 25.0 Å². The van der Waals surface area contributed by atoms with Gasteiger partial charge in [0, 0.05) is 31.9 Å². The van der Waals surface area contributed by atoms with Crippen molar-refractivity contribution < 1.29 is 21.6 Å². The number of thiazole rings is 1. The molecule has 13 heteroatoms. The maximum absolute atomic E-state index is 15.8. The van der Waals surface area contributed by atoms with E-state index in [4.69, 9.17) is 0 Å². The average Bonchev–Trinajstić information content (AvgIpc) is 3.56. The molecule has 1 aliphatic rings. The van der Waals surface area contributed by atoms with Crippen molar-refractivity contribution in [2.75, 3.05) is 29.0 Å². The van der Waals surface area contributed by atoms with E-state index >= 15 is 4.39 Å². The second-order valence-electron chi connectivity index (χ2n) is 9.03. The molecule has 1 fully saturated rings. The van der Waals surface area contributed by atoms with E-state index in [1.807, 2.05) is 4.72 Å². The Balaban J connectivity index is 1.58. The minimum absolute atomic E-state index is 0.00921. The fraction of sp³-hybridized carbons (Fsp3) is 0.240. The van der Waals surface area contributed by atoms with Crippen molar-refractivity contribution in [2.24, 2.45) is 0 Å². The summed E-state index contributed by atoms with van der Waals surface area (Å²) in [5, 5.41) is 3.80. The summed E-state index contributed by atoms with van der Waals surface area (Å²) in [5.41, 5.74) is 0.195. The van der Waals surface area contributed by atoms with Crippen LogP contribution < -0.4 is 14.9 Å². The molecule has 0 amide bonds. The third kappa shape index (κ3) is 5.03. The lowest BCUT2D eigenvalue weighted by Gasteiger charge is -2.13. The predicted molar refractivity (Wildman–Crippen MR) is 141 cm³/mol. The van der Waals surface area contributed by atoms with Crippen LogP contribution in [0, 0.1) is 24.4 Å². The normalized spacial score (nSPS) is 13.4. The van der Waals surface area contributed by atoms with Crippen LogP contribution in [0.2, 0.25) is 0 Å². The molecule has 2 aromatic carbocycles. The molecule has 38 heavy (non-hydrogen) atoms. The van der Waals surface area contributed by atoms with Crippen molar-refractivity contribution in [3.8, 4) is 21.8 Å². The smallest absolute Gasteiger partial charge is 0.267 e. The van der Waals surface area contributed by atoms with Crippen LogP contribution in [0.5, 0.6) is 0 Å². The predicted octanol–water partition coefficient (Wildman–Crippen LogP) is 5.43. The topological polar surface area (TPSA) is 100 Å². The van der Waals surface area contributed by atoms with Crippen LogP contribution in [0.3, 0.4) is 0 Å². The van der Waals surface area contributed by atoms with Gasteiger partial charge in [0.25, 0.3) is 10.0 Å². The molecule has 1 aliphatic carbocycles. The largest absolute Gasteiger partial charge is 0.354 e. The fourth-order valence-corrected chi connectivity index (χ4v) is 5.93. The standard InChI is InChI=1S/C25H23F3N6O2S2/c1-13-7-10-16(26)23(19(13)27)38(35,36)33-17-6-4-5-15(20(17)28)21-22(37-25(32-21)34(2)3)18-11-12-29-24(31-18)30-14-8-9-14/h4-7,10-12,14,33H,8-9H2,1-3H3,(H,29,30,31). The first kappa shape index (κ1) is 25.9. The Bertz CT molecular complexity index is 1640.